The van der Waals surface area contributed by atoms with Gasteiger partial charge in [0, 0.05) is 17.8 Å². The second kappa shape index (κ2) is 9.04. The molecule has 1 aromatic carbocycles. The van der Waals surface area contributed by atoms with Crippen molar-refractivity contribution in [2.45, 2.75) is 44.8 Å². The summed E-state index contributed by atoms with van der Waals surface area (Å²) >= 11 is 0.791. The van der Waals surface area contributed by atoms with Crippen LogP contribution < -0.4 is 10.1 Å². The number of aryl methyl sites for hydroxylation is 2. The maximum Gasteiger partial charge on any atom is 0.286 e. The molecule has 1 aliphatic rings. The van der Waals surface area contributed by atoms with Crippen molar-refractivity contribution in [1.82, 2.24) is 10.3 Å². The van der Waals surface area contributed by atoms with E-state index in [4.69, 9.17) is 10.2 Å². The van der Waals surface area contributed by atoms with Crippen molar-refractivity contribution in [1.29, 1.82) is 0 Å². The molecule has 1 atom stereocenters. The smallest absolute Gasteiger partial charge is 0.286 e. The summed E-state index contributed by atoms with van der Waals surface area (Å²) in [6.07, 6.45) is 2.42. The van der Waals surface area contributed by atoms with Crippen molar-refractivity contribution in [2.75, 3.05) is 6.61 Å². The number of carbonyl (C=O) groups is 2. The van der Waals surface area contributed by atoms with Gasteiger partial charge in [0.25, 0.3) is 5.24 Å². The molecule has 0 radical (unpaired) electrons. The number of thioether (sulfide) groups is 1. The Morgan fingerprint density at radius 3 is 2.63 bits per heavy atom. The molecule has 0 saturated carbocycles. The highest BCUT2D eigenvalue weighted by atomic mass is 32.2. The summed E-state index contributed by atoms with van der Waals surface area (Å²) in [4.78, 5) is 27.7. The van der Waals surface area contributed by atoms with Crippen molar-refractivity contribution in [3.8, 4) is 5.75 Å². The Labute approximate surface area is 169 Å². The van der Waals surface area contributed by atoms with Gasteiger partial charge in [0.1, 0.15) is 5.75 Å². The van der Waals surface area contributed by atoms with E-state index in [-0.39, 0.29) is 48.5 Å². The Morgan fingerprint density at radius 1 is 1.22 bits per heavy atom. The second-order valence-electron chi connectivity index (χ2n) is 6.29. The SMILES string of the molecule is [2H]c1c([2H])c(OCCc2ccc(CCC)c(C)n2)c([2H])c([2H])c1CC1SC(=O)NC1=O. The van der Waals surface area contributed by atoms with E-state index < -0.39 is 16.4 Å². The molecule has 1 unspecified atom stereocenters. The Morgan fingerprint density at radius 2 is 2.00 bits per heavy atom. The van der Waals surface area contributed by atoms with Gasteiger partial charge in [-0.1, -0.05) is 43.3 Å². The lowest BCUT2D eigenvalue weighted by molar-refractivity contribution is -0.118. The summed E-state index contributed by atoms with van der Waals surface area (Å²) in [5, 5.41) is 0.920. The van der Waals surface area contributed by atoms with Gasteiger partial charge in [-0.3, -0.25) is 19.9 Å². The Balaban J connectivity index is 1.73. The molecule has 1 N–H and O–H groups in total. The first kappa shape index (κ1) is 14.7. The predicted octanol–water partition coefficient (Wildman–Crippen LogP) is 3.86. The molecule has 2 amide bonds. The van der Waals surface area contributed by atoms with E-state index in [9.17, 15) is 9.59 Å². The number of ether oxygens (including phenoxy) is 1. The van der Waals surface area contributed by atoms with Crippen molar-refractivity contribution in [3.05, 3.63) is 58.8 Å². The highest BCUT2D eigenvalue weighted by molar-refractivity contribution is 8.15. The van der Waals surface area contributed by atoms with Crippen LogP contribution >= 0.6 is 11.8 Å². The van der Waals surface area contributed by atoms with Crippen LogP contribution in [0.25, 0.3) is 0 Å². The zero-order valence-electron chi connectivity index (χ0n) is 19.3. The number of aromatic nitrogens is 1. The Bertz CT molecular complexity index is 1000. The molecular formula is C21H24N2O3S. The third-order valence-corrected chi connectivity index (χ3v) is 5.17. The van der Waals surface area contributed by atoms with Gasteiger partial charge in [-0.2, -0.15) is 0 Å². The zero-order valence-corrected chi connectivity index (χ0v) is 16.2. The van der Waals surface area contributed by atoms with Crippen LogP contribution in [-0.2, 0) is 24.1 Å². The molecule has 0 bridgehead atoms. The van der Waals surface area contributed by atoms with E-state index in [2.05, 4.69) is 17.2 Å². The van der Waals surface area contributed by atoms with Crippen LogP contribution in [-0.4, -0.2) is 28.0 Å². The van der Waals surface area contributed by atoms with Crippen LogP contribution in [0.4, 0.5) is 4.79 Å². The van der Waals surface area contributed by atoms with E-state index >= 15 is 0 Å². The van der Waals surface area contributed by atoms with Crippen LogP contribution in [0.1, 0.15) is 41.3 Å². The number of hydrogen-bond acceptors (Lipinski definition) is 5. The van der Waals surface area contributed by atoms with Gasteiger partial charge in [0.2, 0.25) is 5.91 Å². The topological polar surface area (TPSA) is 68.3 Å². The lowest BCUT2D eigenvalue weighted by Crippen LogP contribution is -2.25. The van der Waals surface area contributed by atoms with Crippen LogP contribution in [0.15, 0.2) is 36.3 Å². The highest BCUT2D eigenvalue weighted by Gasteiger charge is 2.31. The molecule has 1 aliphatic heterocycles. The monoisotopic (exact) mass is 388 g/mol. The maximum atomic E-state index is 11.8. The number of amides is 2. The van der Waals surface area contributed by atoms with Gasteiger partial charge in [-0.25, -0.2) is 0 Å². The van der Waals surface area contributed by atoms with Gasteiger partial charge in [-0.05, 0) is 49.0 Å². The second-order valence-corrected chi connectivity index (χ2v) is 7.47. The van der Waals surface area contributed by atoms with E-state index in [1.165, 1.54) is 5.56 Å². The van der Waals surface area contributed by atoms with Gasteiger partial charge < -0.3 is 4.74 Å². The number of nitrogens with one attached hydrogen (secondary N) is 1. The van der Waals surface area contributed by atoms with E-state index in [1.54, 1.807) is 0 Å². The fourth-order valence-electron chi connectivity index (χ4n) is 2.79. The summed E-state index contributed by atoms with van der Waals surface area (Å²) in [6.45, 7) is 4.24. The summed E-state index contributed by atoms with van der Waals surface area (Å²) in [7, 11) is 0. The molecule has 142 valence electrons. The molecule has 27 heavy (non-hydrogen) atoms. The van der Waals surface area contributed by atoms with Crippen LogP contribution in [0.5, 0.6) is 5.75 Å². The average Bonchev–Trinajstić information content (AvgIpc) is 3.05. The first-order valence-corrected chi connectivity index (χ1v) is 9.79. The third kappa shape index (κ3) is 5.32. The Kier molecular flexibility index (Phi) is 4.92. The highest BCUT2D eigenvalue weighted by Crippen LogP contribution is 2.24. The molecule has 1 saturated heterocycles. The number of nitrogens with zero attached hydrogens (tertiary/aromatic N) is 1. The minimum Gasteiger partial charge on any atom is -0.493 e. The number of hydrogen-bond donors (Lipinski definition) is 1. The number of carbonyl (C=O) groups excluding carboxylic acids is 2. The van der Waals surface area contributed by atoms with Crippen molar-refractivity contribution < 1.29 is 19.8 Å². The summed E-state index contributed by atoms with van der Waals surface area (Å²) in [6, 6.07) is 2.86. The molecule has 2 aromatic rings. The molecule has 6 heteroatoms. The molecule has 2 heterocycles. The summed E-state index contributed by atoms with van der Waals surface area (Å²) in [5.41, 5.74) is 3.10. The molecule has 0 aliphatic carbocycles. The maximum absolute atomic E-state index is 11.8. The first-order chi connectivity index (χ1) is 14.7. The first-order valence-electron chi connectivity index (χ1n) is 10.9. The summed E-state index contributed by atoms with van der Waals surface area (Å²) < 4.78 is 38.5. The minimum atomic E-state index is -0.767. The molecule has 3 rings (SSSR count). The lowest BCUT2D eigenvalue weighted by atomic mass is 10.1. The van der Waals surface area contributed by atoms with Gasteiger partial charge >= 0.3 is 0 Å². The van der Waals surface area contributed by atoms with Crippen molar-refractivity contribution in [3.63, 3.8) is 0 Å². The van der Waals surface area contributed by atoms with E-state index in [0.717, 1.165) is 36.0 Å². The van der Waals surface area contributed by atoms with Crippen molar-refractivity contribution in [2.24, 2.45) is 0 Å². The van der Waals surface area contributed by atoms with Crippen LogP contribution in [0.2, 0.25) is 0 Å². The van der Waals surface area contributed by atoms with Gasteiger partial charge in [-0.15, -0.1) is 0 Å². The quantitative estimate of drug-likeness (QED) is 0.744. The minimum absolute atomic E-state index is 0.0642. The molecule has 1 fully saturated rings. The molecule has 5 nitrogen and oxygen atoms in total. The number of benzene rings is 1. The lowest BCUT2D eigenvalue weighted by Gasteiger charge is -2.10. The molecule has 0 spiro atoms. The fraction of sp³-hybridized carbons (Fsp3) is 0.381. The van der Waals surface area contributed by atoms with Gasteiger partial charge in [0.05, 0.1) is 17.3 Å². The largest absolute Gasteiger partial charge is 0.493 e. The number of imide groups is 1. The average molecular weight is 389 g/mol. The van der Waals surface area contributed by atoms with Crippen LogP contribution in [0, 0.1) is 6.92 Å². The van der Waals surface area contributed by atoms with Crippen molar-refractivity contribution >= 4 is 22.9 Å². The van der Waals surface area contributed by atoms with Crippen LogP contribution in [0.3, 0.4) is 0 Å². The Hall–Kier alpha value is -2.34. The third-order valence-electron chi connectivity index (χ3n) is 4.19. The number of rotatable bonds is 8. The normalized spacial score (nSPS) is 18.5. The van der Waals surface area contributed by atoms with E-state index in [1.807, 2.05) is 19.1 Å². The molecular weight excluding hydrogens is 360 g/mol. The zero-order chi connectivity index (χ0) is 22.7. The molecule has 1 aromatic heterocycles. The predicted molar refractivity (Wildman–Crippen MR) is 107 cm³/mol. The standard InChI is InChI=1S/C21H24N2O3S/c1-3-4-16-7-8-17(22-14(16)2)11-12-26-18-9-5-15(6-10-18)13-19-20(24)23-21(25)27-19/h5-10,19H,3-4,11-13H2,1-2H3,(H,23,24,25)/i5D,6D,9D,10D. The fourth-order valence-corrected chi connectivity index (χ4v) is 3.62. The summed E-state index contributed by atoms with van der Waals surface area (Å²) in [5.74, 6) is -0.613. The number of pyridine rings is 1. The van der Waals surface area contributed by atoms with E-state index in [0.29, 0.717) is 6.42 Å². The van der Waals surface area contributed by atoms with Gasteiger partial charge in [0.15, 0.2) is 0 Å².